The Balaban J connectivity index is 1.92. The lowest BCUT2D eigenvalue weighted by atomic mass is 10.1. The first-order valence-corrected chi connectivity index (χ1v) is 7.27. The molecule has 0 aliphatic carbocycles. The number of hydrazine groups is 1. The molecule has 23 heavy (non-hydrogen) atoms. The molecule has 0 fully saturated rings. The third kappa shape index (κ3) is 4.57. The molecule has 2 aromatic rings. The molecule has 0 saturated heterocycles. The number of unbranched alkanes of at least 4 members (excludes halogenated alkanes) is 1. The van der Waals surface area contributed by atoms with Gasteiger partial charge in [0.25, 0.3) is 11.8 Å². The zero-order valence-electron chi connectivity index (χ0n) is 12.7. The Bertz CT molecular complexity index is 689. The monoisotopic (exact) mass is 316 g/mol. The molecule has 2 amide bonds. The van der Waals surface area contributed by atoms with Gasteiger partial charge in [-0.15, -0.1) is 0 Å². The lowest BCUT2D eigenvalue weighted by Crippen LogP contribution is -2.42. The number of hydrogen-bond donors (Lipinski definition) is 2. The molecule has 0 spiro atoms. The van der Waals surface area contributed by atoms with Crippen molar-refractivity contribution in [2.45, 2.75) is 26.2 Å². The maximum atomic E-state index is 13.4. The molecule has 0 aromatic carbocycles. The third-order valence-corrected chi connectivity index (χ3v) is 3.18. The van der Waals surface area contributed by atoms with E-state index >= 15 is 0 Å². The summed E-state index contributed by atoms with van der Waals surface area (Å²) in [5.74, 6) is -2.11. The first-order chi connectivity index (χ1) is 11.1. The summed E-state index contributed by atoms with van der Waals surface area (Å²) in [6, 6.07) is 4.62. The van der Waals surface area contributed by atoms with Crippen molar-refractivity contribution in [3.63, 3.8) is 0 Å². The Hall–Kier alpha value is -2.83. The van der Waals surface area contributed by atoms with Gasteiger partial charge in [0, 0.05) is 12.4 Å². The molecule has 2 N–H and O–H groups in total. The van der Waals surface area contributed by atoms with Crippen LogP contribution in [0.2, 0.25) is 0 Å². The standard InChI is InChI=1S/C16H17FN4O2/c1-2-3-4-11-5-6-14(19-9-11)16(23)21-20-15(22)12-7-8-18-10-13(12)17/h5-10H,2-4H2,1H3,(H,20,22)(H,21,23). The van der Waals surface area contributed by atoms with Crippen LogP contribution in [0.3, 0.4) is 0 Å². The van der Waals surface area contributed by atoms with Gasteiger partial charge in [0.05, 0.1) is 11.8 Å². The fraction of sp³-hybridized carbons (Fsp3) is 0.250. The number of amides is 2. The molecule has 0 unspecified atom stereocenters. The Morgan fingerprint density at radius 3 is 2.57 bits per heavy atom. The predicted molar refractivity (Wildman–Crippen MR) is 82.0 cm³/mol. The second kappa shape index (κ2) is 7.98. The number of nitrogens with one attached hydrogen (secondary N) is 2. The van der Waals surface area contributed by atoms with Crippen molar-refractivity contribution in [2.24, 2.45) is 0 Å². The molecular weight excluding hydrogens is 299 g/mol. The summed E-state index contributed by atoms with van der Waals surface area (Å²) < 4.78 is 13.4. The molecule has 0 radical (unpaired) electrons. The van der Waals surface area contributed by atoms with Crippen LogP contribution >= 0.6 is 0 Å². The summed E-state index contributed by atoms with van der Waals surface area (Å²) >= 11 is 0. The number of carbonyl (C=O) groups is 2. The highest BCUT2D eigenvalue weighted by Gasteiger charge is 2.13. The number of halogens is 1. The van der Waals surface area contributed by atoms with Crippen molar-refractivity contribution in [1.82, 2.24) is 20.8 Å². The van der Waals surface area contributed by atoms with Gasteiger partial charge in [-0.25, -0.2) is 4.39 Å². The lowest BCUT2D eigenvalue weighted by molar-refractivity contribution is 0.0841. The van der Waals surface area contributed by atoms with Crippen LogP contribution in [0.4, 0.5) is 4.39 Å². The van der Waals surface area contributed by atoms with Gasteiger partial charge in [0.1, 0.15) is 5.69 Å². The van der Waals surface area contributed by atoms with Crippen LogP contribution in [0.1, 0.15) is 46.2 Å². The van der Waals surface area contributed by atoms with Crippen LogP contribution in [0.5, 0.6) is 0 Å². The van der Waals surface area contributed by atoms with Crippen molar-refractivity contribution in [3.05, 3.63) is 59.4 Å². The van der Waals surface area contributed by atoms with Crippen molar-refractivity contribution in [2.75, 3.05) is 0 Å². The molecule has 2 aromatic heterocycles. The molecule has 0 saturated carbocycles. The van der Waals surface area contributed by atoms with E-state index in [1.807, 2.05) is 6.07 Å². The Morgan fingerprint density at radius 1 is 1.13 bits per heavy atom. The lowest BCUT2D eigenvalue weighted by Gasteiger charge is -2.08. The molecule has 0 bridgehead atoms. The van der Waals surface area contributed by atoms with E-state index in [0.717, 1.165) is 31.0 Å². The van der Waals surface area contributed by atoms with E-state index in [1.54, 1.807) is 12.3 Å². The van der Waals surface area contributed by atoms with E-state index in [-0.39, 0.29) is 11.3 Å². The minimum absolute atomic E-state index is 0.167. The molecule has 2 heterocycles. The number of aryl methyl sites for hydroxylation is 1. The number of carbonyl (C=O) groups excluding carboxylic acids is 2. The normalized spacial score (nSPS) is 10.2. The maximum Gasteiger partial charge on any atom is 0.288 e. The van der Waals surface area contributed by atoms with Gasteiger partial charge in [-0.2, -0.15) is 0 Å². The summed E-state index contributed by atoms with van der Waals surface area (Å²) in [6.45, 7) is 2.10. The number of hydrogen-bond acceptors (Lipinski definition) is 4. The zero-order chi connectivity index (χ0) is 16.7. The van der Waals surface area contributed by atoms with Gasteiger partial charge in [0.2, 0.25) is 0 Å². The fourth-order valence-corrected chi connectivity index (χ4v) is 1.89. The minimum atomic E-state index is -0.766. The van der Waals surface area contributed by atoms with Gasteiger partial charge >= 0.3 is 0 Å². The fourth-order valence-electron chi connectivity index (χ4n) is 1.89. The largest absolute Gasteiger partial charge is 0.288 e. The Labute approximate surface area is 133 Å². The SMILES string of the molecule is CCCCc1ccc(C(=O)NNC(=O)c2ccncc2F)nc1. The topological polar surface area (TPSA) is 84.0 Å². The maximum absolute atomic E-state index is 13.4. The highest BCUT2D eigenvalue weighted by atomic mass is 19.1. The summed E-state index contributed by atoms with van der Waals surface area (Å²) in [6.07, 6.45) is 6.89. The predicted octanol–water partition coefficient (Wildman–Crippen LogP) is 2.03. The van der Waals surface area contributed by atoms with Crippen molar-refractivity contribution >= 4 is 11.8 Å². The molecule has 0 aliphatic heterocycles. The van der Waals surface area contributed by atoms with E-state index in [1.165, 1.54) is 12.3 Å². The number of nitrogens with zero attached hydrogens (tertiary/aromatic N) is 2. The summed E-state index contributed by atoms with van der Waals surface area (Å²) in [5, 5.41) is 0. The van der Waals surface area contributed by atoms with Crippen molar-refractivity contribution in [3.8, 4) is 0 Å². The highest BCUT2D eigenvalue weighted by molar-refractivity contribution is 5.98. The number of rotatable bonds is 5. The summed E-state index contributed by atoms with van der Waals surface area (Å²) in [5.41, 5.74) is 5.35. The van der Waals surface area contributed by atoms with Crippen LogP contribution in [-0.4, -0.2) is 21.8 Å². The van der Waals surface area contributed by atoms with E-state index in [2.05, 4.69) is 27.7 Å². The van der Waals surface area contributed by atoms with Crippen LogP contribution in [0, 0.1) is 5.82 Å². The molecule has 0 atom stereocenters. The second-order valence-electron chi connectivity index (χ2n) is 4.92. The molecule has 120 valence electrons. The highest BCUT2D eigenvalue weighted by Crippen LogP contribution is 2.05. The number of aromatic nitrogens is 2. The van der Waals surface area contributed by atoms with Gasteiger partial charge in [0.15, 0.2) is 5.82 Å². The van der Waals surface area contributed by atoms with E-state index in [4.69, 9.17) is 0 Å². The molecule has 2 rings (SSSR count). The first kappa shape index (κ1) is 16.5. The molecule has 6 nitrogen and oxygen atoms in total. The van der Waals surface area contributed by atoms with E-state index in [0.29, 0.717) is 0 Å². The van der Waals surface area contributed by atoms with Crippen LogP contribution in [0.25, 0.3) is 0 Å². The van der Waals surface area contributed by atoms with Gasteiger partial charge < -0.3 is 0 Å². The summed E-state index contributed by atoms with van der Waals surface area (Å²) in [7, 11) is 0. The average molecular weight is 316 g/mol. The van der Waals surface area contributed by atoms with E-state index in [9.17, 15) is 14.0 Å². The van der Waals surface area contributed by atoms with E-state index < -0.39 is 17.6 Å². The summed E-state index contributed by atoms with van der Waals surface area (Å²) in [4.78, 5) is 31.3. The first-order valence-electron chi connectivity index (χ1n) is 7.27. The van der Waals surface area contributed by atoms with Crippen LogP contribution in [-0.2, 0) is 6.42 Å². The Morgan fingerprint density at radius 2 is 1.91 bits per heavy atom. The third-order valence-electron chi connectivity index (χ3n) is 3.18. The second-order valence-corrected chi connectivity index (χ2v) is 4.92. The molecular formula is C16H17FN4O2. The Kier molecular flexibility index (Phi) is 5.74. The quantitative estimate of drug-likeness (QED) is 0.827. The molecule has 7 heteroatoms. The van der Waals surface area contributed by atoms with Crippen LogP contribution in [0.15, 0.2) is 36.8 Å². The molecule has 0 aliphatic rings. The van der Waals surface area contributed by atoms with Gasteiger partial charge in [-0.1, -0.05) is 19.4 Å². The minimum Gasteiger partial charge on any atom is -0.267 e. The van der Waals surface area contributed by atoms with Gasteiger partial charge in [-0.05, 0) is 30.5 Å². The average Bonchev–Trinajstić information content (AvgIpc) is 2.58. The van der Waals surface area contributed by atoms with Crippen molar-refractivity contribution in [1.29, 1.82) is 0 Å². The number of pyridine rings is 2. The van der Waals surface area contributed by atoms with Crippen LogP contribution < -0.4 is 10.9 Å². The van der Waals surface area contributed by atoms with Gasteiger partial charge in [-0.3, -0.25) is 30.4 Å². The zero-order valence-corrected chi connectivity index (χ0v) is 12.7. The van der Waals surface area contributed by atoms with Crippen molar-refractivity contribution < 1.29 is 14.0 Å². The smallest absolute Gasteiger partial charge is 0.267 e.